The third-order valence-corrected chi connectivity index (χ3v) is 6.82. The highest BCUT2D eigenvalue weighted by Crippen LogP contribution is 2.48. The van der Waals surface area contributed by atoms with Crippen molar-refractivity contribution < 1.29 is 9.18 Å². The van der Waals surface area contributed by atoms with Crippen LogP contribution < -0.4 is 10.2 Å². The fourth-order valence-electron chi connectivity index (χ4n) is 4.67. The van der Waals surface area contributed by atoms with Crippen molar-refractivity contribution in [3.63, 3.8) is 0 Å². The van der Waals surface area contributed by atoms with E-state index in [-0.39, 0.29) is 11.7 Å². The Bertz CT molecular complexity index is 1150. The summed E-state index contributed by atoms with van der Waals surface area (Å²) in [5.41, 5.74) is 3.37. The Morgan fingerprint density at radius 1 is 0.968 bits per heavy atom. The van der Waals surface area contributed by atoms with Crippen molar-refractivity contribution in [1.82, 2.24) is 10.2 Å². The van der Waals surface area contributed by atoms with E-state index in [1.165, 1.54) is 6.07 Å². The van der Waals surface area contributed by atoms with Crippen molar-refractivity contribution in [2.24, 2.45) is 0 Å². The molecule has 1 aliphatic carbocycles. The molecule has 0 spiro atoms. The minimum atomic E-state index is -0.416. The number of fused-ring (bicyclic) bond motifs is 1. The van der Waals surface area contributed by atoms with Crippen LogP contribution in [-0.4, -0.2) is 44.0 Å². The number of carbonyl (C=O) groups is 1. The third-order valence-electron chi connectivity index (χ3n) is 6.82. The molecule has 1 saturated heterocycles. The van der Waals surface area contributed by atoms with Gasteiger partial charge in [0.2, 0.25) is 0 Å². The van der Waals surface area contributed by atoms with Crippen molar-refractivity contribution in [1.29, 1.82) is 0 Å². The van der Waals surface area contributed by atoms with Crippen LogP contribution in [0.2, 0.25) is 0 Å². The molecule has 3 aromatic carbocycles. The first-order chi connectivity index (χ1) is 15.0. The van der Waals surface area contributed by atoms with Gasteiger partial charge in [0.25, 0.3) is 5.91 Å². The van der Waals surface area contributed by atoms with Gasteiger partial charge in [-0.15, -0.1) is 0 Å². The molecule has 0 atom stereocenters. The molecule has 0 unspecified atom stereocenters. The van der Waals surface area contributed by atoms with Crippen LogP contribution in [0.4, 0.5) is 10.1 Å². The summed E-state index contributed by atoms with van der Waals surface area (Å²) in [5.74, 6) is -0.281. The molecule has 0 radical (unpaired) electrons. The molecule has 5 rings (SSSR count). The number of hydrogen-bond acceptors (Lipinski definition) is 3. The lowest BCUT2D eigenvalue weighted by molar-refractivity contribution is 0.0930. The number of halogens is 1. The molecule has 4 nitrogen and oxygen atoms in total. The van der Waals surface area contributed by atoms with Crippen molar-refractivity contribution in [3.05, 3.63) is 77.1 Å². The highest BCUT2D eigenvalue weighted by molar-refractivity contribution is 5.98. The fraction of sp³-hybridized carbons (Fsp3) is 0.346. The molecule has 3 aromatic rings. The van der Waals surface area contributed by atoms with Crippen molar-refractivity contribution >= 4 is 22.4 Å². The van der Waals surface area contributed by atoms with Gasteiger partial charge in [-0.2, -0.15) is 0 Å². The summed E-state index contributed by atoms with van der Waals surface area (Å²) in [4.78, 5) is 18.0. The highest BCUT2D eigenvalue weighted by Gasteiger charge is 2.47. The molecule has 1 saturated carbocycles. The maximum Gasteiger partial charge on any atom is 0.252 e. The molecule has 1 aliphatic heterocycles. The maximum atomic E-state index is 14.3. The molecule has 1 amide bonds. The van der Waals surface area contributed by atoms with E-state index in [1.807, 2.05) is 43.3 Å². The Kier molecular flexibility index (Phi) is 4.94. The van der Waals surface area contributed by atoms with Gasteiger partial charge in [-0.1, -0.05) is 36.4 Å². The summed E-state index contributed by atoms with van der Waals surface area (Å²) < 4.78 is 14.3. The number of anilines is 1. The number of amides is 1. The van der Waals surface area contributed by atoms with Crippen LogP contribution in [0.5, 0.6) is 0 Å². The number of aryl methyl sites for hydroxylation is 1. The predicted molar refractivity (Wildman–Crippen MR) is 123 cm³/mol. The largest absolute Gasteiger partial charge is 0.369 e. The zero-order chi connectivity index (χ0) is 21.6. The van der Waals surface area contributed by atoms with Gasteiger partial charge in [-0.05, 0) is 61.5 Å². The third kappa shape index (κ3) is 3.68. The monoisotopic (exact) mass is 417 g/mol. The Hall–Kier alpha value is -2.92. The summed E-state index contributed by atoms with van der Waals surface area (Å²) in [5, 5.41) is 4.78. The molecule has 5 heteroatoms. The first-order valence-corrected chi connectivity index (χ1v) is 11.0. The number of nitrogens with one attached hydrogen (secondary N) is 1. The SMILES string of the molecule is Cc1ccc(N2CCN(C)CC2)cc1C(=O)NC1(c2ccc(F)c3ccccc23)CC1. The molecule has 0 bridgehead atoms. The second kappa shape index (κ2) is 7.65. The van der Waals surface area contributed by atoms with E-state index in [9.17, 15) is 9.18 Å². The van der Waals surface area contributed by atoms with Crippen LogP contribution in [0.15, 0.2) is 54.6 Å². The van der Waals surface area contributed by atoms with Gasteiger partial charge >= 0.3 is 0 Å². The second-order valence-corrected chi connectivity index (χ2v) is 8.97. The minimum Gasteiger partial charge on any atom is -0.369 e. The van der Waals surface area contributed by atoms with E-state index in [0.29, 0.717) is 10.9 Å². The Morgan fingerprint density at radius 2 is 1.68 bits per heavy atom. The average Bonchev–Trinajstić information content (AvgIpc) is 3.55. The number of carbonyl (C=O) groups excluding carboxylic acids is 1. The highest BCUT2D eigenvalue weighted by atomic mass is 19.1. The van der Waals surface area contributed by atoms with Crippen LogP contribution in [-0.2, 0) is 5.54 Å². The first kappa shape index (κ1) is 20.0. The lowest BCUT2D eigenvalue weighted by Crippen LogP contribution is -2.44. The van der Waals surface area contributed by atoms with E-state index in [4.69, 9.17) is 0 Å². The number of likely N-dealkylation sites (N-methyl/N-ethyl adjacent to an activating group) is 1. The van der Waals surface area contributed by atoms with Gasteiger partial charge in [0.05, 0.1) is 5.54 Å². The Labute approximate surface area is 182 Å². The minimum absolute atomic E-state index is 0.0561. The Morgan fingerprint density at radius 3 is 2.39 bits per heavy atom. The van der Waals surface area contributed by atoms with Gasteiger partial charge in [-0.3, -0.25) is 4.79 Å². The predicted octanol–water partition coefficient (Wildman–Crippen LogP) is 4.46. The lowest BCUT2D eigenvalue weighted by atomic mass is 9.96. The second-order valence-electron chi connectivity index (χ2n) is 8.97. The molecule has 0 aromatic heterocycles. The topological polar surface area (TPSA) is 35.6 Å². The van der Waals surface area contributed by atoms with Gasteiger partial charge in [-0.25, -0.2) is 4.39 Å². The number of piperazine rings is 1. The van der Waals surface area contributed by atoms with Gasteiger partial charge in [0.1, 0.15) is 5.82 Å². The van der Waals surface area contributed by atoms with Crippen molar-refractivity contribution in [2.75, 3.05) is 38.1 Å². The van der Waals surface area contributed by atoms with Gasteiger partial charge in [0.15, 0.2) is 0 Å². The average molecular weight is 418 g/mol. The number of hydrogen-bond donors (Lipinski definition) is 1. The molecule has 2 fully saturated rings. The molecule has 2 aliphatic rings. The summed E-state index contributed by atoms with van der Waals surface area (Å²) in [6.07, 6.45) is 1.73. The van der Waals surface area contributed by atoms with Crippen LogP contribution in [0, 0.1) is 12.7 Å². The summed E-state index contributed by atoms with van der Waals surface area (Å²) in [6, 6.07) is 17.0. The zero-order valence-corrected chi connectivity index (χ0v) is 18.1. The van der Waals surface area contributed by atoms with Crippen molar-refractivity contribution in [3.8, 4) is 0 Å². The van der Waals surface area contributed by atoms with Gasteiger partial charge < -0.3 is 15.1 Å². The smallest absolute Gasteiger partial charge is 0.252 e. The van der Waals surface area contributed by atoms with E-state index < -0.39 is 5.54 Å². The summed E-state index contributed by atoms with van der Waals surface area (Å²) >= 11 is 0. The standard InChI is InChI=1S/C26H28FN3O/c1-18-7-8-19(30-15-13-29(2)14-16-30)17-22(18)25(31)28-26(11-12-26)23-9-10-24(27)21-6-4-3-5-20(21)23/h3-10,17H,11-16H2,1-2H3,(H,28,31). The van der Waals surface area contributed by atoms with E-state index in [0.717, 1.165) is 61.2 Å². The Balaban J connectivity index is 1.43. The molecule has 160 valence electrons. The normalized spacial score (nSPS) is 18.2. The van der Waals surface area contributed by atoms with Crippen LogP contribution in [0.25, 0.3) is 10.8 Å². The fourth-order valence-corrected chi connectivity index (χ4v) is 4.67. The number of nitrogens with zero attached hydrogens (tertiary/aromatic N) is 2. The number of benzene rings is 3. The van der Waals surface area contributed by atoms with Gasteiger partial charge in [0, 0.05) is 42.8 Å². The summed E-state index contributed by atoms with van der Waals surface area (Å²) in [6.45, 7) is 5.96. The lowest BCUT2D eigenvalue weighted by Gasteiger charge is -2.34. The molecular weight excluding hydrogens is 389 g/mol. The maximum absolute atomic E-state index is 14.3. The van der Waals surface area contributed by atoms with Crippen LogP contribution in [0.3, 0.4) is 0 Å². The number of rotatable bonds is 4. The quantitative estimate of drug-likeness (QED) is 0.681. The van der Waals surface area contributed by atoms with E-state index in [2.05, 4.69) is 28.2 Å². The molecular formula is C26H28FN3O. The van der Waals surface area contributed by atoms with Crippen molar-refractivity contribution in [2.45, 2.75) is 25.3 Å². The zero-order valence-electron chi connectivity index (χ0n) is 18.1. The summed E-state index contributed by atoms with van der Waals surface area (Å²) in [7, 11) is 2.14. The molecule has 1 heterocycles. The van der Waals surface area contributed by atoms with Crippen LogP contribution >= 0.6 is 0 Å². The first-order valence-electron chi connectivity index (χ1n) is 11.0. The molecule has 1 N–H and O–H groups in total. The van der Waals surface area contributed by atoms with E-state index in [1.54, 1.807) is 6.07 Å². The van der Waals surface area contributed by atoms with E-state index >= 15 is 0 Å². The molecule has 31 heavy (non-hydrogen) atoms. The van der Waals surface area contributed by atoms with Crippen LogP contribution in [0.1, 0.15) is 34.3 Å².